The molecule has 0 radical (unpaired) electrons. The van der Waals surface area contributed by atoms with Crippen molar-refractivity contribution in [1.82, 2.24) is 5.32 Å². The average molecular weight is 269 g/mol. The lowest BCUT2D eigenvalue weighted by molar-refractivity contribution is 0.0651. The molecular formula is C14H20FNOS. The first kappa shape index (κ1) is 13.8. The highest BCUT2D eigenvalue weighted by Gasteiger charge is 2.31. The minimum Gasteiger partial charge on any atom is -0.388 e. The second-order valence-corrected chi connectivity index (χ2v) is 6.21. The molecule has 1 aliphatic rings. The maximum Gasteiger partial charge on any atom is 0.126 e. The van der Waals surface area contributed by atoms with Crippen LogP contribution in [0.25, 0.3) is 0 Å². The lowest BCUT2D eigenvalue weighted by Gasteiger charge is -2.24. The fourth-order valence-corrected chi connectivity index (χ4v) is 3.46. The van der Waals surface area contributed by atoms with Gasteiger partial charge in [-0.25, -0.2) is 4.39 Å². The van der Waals surface area contributed by atoms with Crippen LogP contribution in [0.4, 0.5) is 4.39 Å². The third kappa shape index (κ3) is 3.70. The molecule has 2 N–H and O–H groups in total. The molecule has 4 heteroatoms. The van der Waals surface area contributed by atoms with E-state index in [1.165, 1.54) is 6.07 Å². The Kier molecular flexibility index (Phi) is 4.65. The average Bonchev–Trinajstić information content (AvgIpc) is 2.77. The molecule has 0 spiro atoms. The molecule has 2 nitrogen and oxygen atoms in total. The van der Waals surface area contributed by atoms with Crippen molar-refractivity contribution in [2.75, 3.05) is 18.1 Å². The van der Waals surface area contributed by atoms with Crippen LogP contribution >= 0.6 is 11.8 Å². The van der Waals surface area contributed by atoms with E-state index < -0.39 is 5.60 Å². The summed E-state index contributed by atoms with van der Waals surface area (Å²) in [7, 11) is 0. The molecule has 2 rings (SSSR count). The lowest BCUT2D eigenvalue weighted by Crippen LogP contribution is -2.44. The number of hydrogen-bond donors (Lipinski definition) is 2. The van der Waals surface area contributed by atoms with Gasteiger partial charge >= 0.3 is 0 Å². The highest BCUT2D eigenvalue weighted by Crippen LogP contribution is 2.27. The fraction of sp³-hybridized carbons (Fsp3) is 0.571. The van der Waals surface area contributed by atoms with Crippen molar-refractivity contribution < 1.29 is 9.50 Å². The molecule has 1 aromatic carbocycles. The molecule has 1 fully saturated rings. The van der Waals surface area contributed by atoms with Gasteiger partial charge in [0.2, 0.25) is 0 Å². The number of aliphatic hydroxyl groups is 1. The number of benzene rings is 1. The highest BCUT2D eigenvalue weighted by atomic mass is 32.2. The predicted octanol–water partition coefficient (Wildman–Crippen LogP) is 2.21. The molecule has 0 aliphatic carbocycles. The third-order valence-corrected chi connectivity index (χ3v) is 4.58. The Bertz CT molecular complexity index is 393. The Hall–Kier alpha value is -0.580. The fourth-order valence-electron chi connectivity index (χ4n) is 2.17. The smallest absolute Gasteiger partial charge is 0.126 e. The first-order valence-corrected chi connectivity index (χ1v) is 7.51. The Morgan fingerprint density at radius 3 is 2.94 bits per heavy atom. The van der Waals surface area contributed by atoms with Gasteiger partial charge < -0.3 is 10.4 Å². The van der Waals surface area contributed by atoms with Gasteiger partial charge in [-0.2, -0.15) is 11.8 Å². The standard InChI is InChI=1S/C14H20FNOS/c1-11(8-12-4-2-3-5-13(12)15)16-9-14(17)6-7-18-10-14/h2-5,11,16-17H,6-10H2,1H3/t11-,14-/m0/s1. The van der Waals surface area contributed by atoms with E-state index in [1.807, 2.05) is 19.1 Å². The van der Waals surface area contributed by atoms with Crippen LogP contribution in [0.5, 0.6) is 0 Å². The van der Waals surface area contributed by atoms with Crippen LogP contribution in [-0.2, 0) is 6.42 Å². The minimum absolute atomic E-state index is 0.152. The molecule has 1 aromatic rings. The van der Waals surface area contributed by atoms with Crippen molar-refractivity contribution in [2.24, 2.45) is 0 Å². The van der Waals surface area contributed by atoms with Gasteiger partial charge in [0.25, 0.3) is 0 Å². The summed E-state index contributed by atoms with van der Waals surface area (Å²) in [5.41, 5.74) is 0.152. The molecule has 0 amide bonds. The maximum absolute atomic E-state index is 13.5. The minimum atomic E-state index is -0.575. The number of nitrogens with one attached hydrogen (secondary N) is 1. The summed E-state index contributed by atoms with van der Waals surface area (Å²) in [5.74, 6) is 1.67. The molecule has 1 aliphatic heterocycles. The summed E-state index contributed by atoms with van der Waals surface area (Å²) in [6.45, 7) is 2.62. The molecule has 1 heterocycles. The van der Waals surface area contributed by atoms with Crippen molar-refractivity contribution in [1.29, 1.82) is 0 Å². The zero-order valence-corrected chi connectivity index (χ0v) is 11.5. The van der Waals surface area contributed by atoms with E-state index in [4.69, 9.17) is 0 Å². The summed E-state index contributed by atoms with van der Waals surface area (Å²) >= 11 is 1.79. The second-order valence-electron chi connectivity index (χ2n) is 5.10. The largest absolute Gasteiger partial charge is 0.388 e. The maximum atomic E-state index is 13.5. The molecule has 1 saturated heterocycles. The van der Waals surface area contributed by atoms with Gasteiger partial charge in [-0.3, -0.25) is 0 Å². The van der Waals surface area contributed by atoms with E-state index in [9.17, 15) is 9.50 Å². The normalized spacial score (nSPS) is 25.3. The van der Waals surface area contributed by atoms with Crippen molar-refractivity contribution >= 4 is 11.8 Å². The monoisotopic (exact) mass is 269 g/mol. The van der Waals surface area contributed by atoms with E-state index in [2.05, 4.69) is 5.32 Å². The Morgan fingerprint density at radius 1 is 1.50 bits per heavy atom. The quantitative estimate of drug-likeness (QED) is 0.859. The summed E-state index contributed by atoms with van der Waals surface area (Å²) in [4.78, 5) is 0. The Balaban J connectivity index is 1.82. The van der Waals surface area contributed by atoms with Gasteiger partial charge in [-0.15, -0.1) is 0 Å². The van der Waals surface area contributed by atoms with E-state index in [0.29, 0.717) is 13.0 Å². The highest BCUT2D eigenvalue weighted by molar-refractivity contribution is 7.99. The van der Waals surface area contributed by atoms with Crippen LogP contribution in [0.2, 0.25) is 0 Å². The van der Waals surface area contributed by atoms with E-state index >= 15 is 0 Å². The first-order valence-electron chi connectivity index (χ1n) is 6.36. The van der Waals surface area contributed by atoms with E-state index in [0.717, 1.165) is 23.5 Å². The third-order valence-electron chi connectivity index (χ3n) is 3.35. The summed E-state index contributed by atoms with van der Waals surface area (Å²) in [6, 6.07) is 7.02. The van der Waals surface area contributed by atoms with Crippen LogP contribution < -0.4 is 5.32 Å². The second kappa shape index (κ2) is 6.04. The van der Waals surface area contributed by atoms with Crippen LogP contribution in [0.3, 0.4) is 0 Å². The summed E-state index contributed by atoms with van der Waals surface area (Å²) in [6.07, 6.45) is 1.49. The molecule has 2 atom stereocenters. The van der Waals surface area contributed by atoms with E-state index in [-0.39, 0.29) is 11.9 Å². The van der Waals surface area contributed by atoms with Crippen LogP contribution in [0, 0.1) is 5.82 Å². The SMILES string of the molecule is C[C@@H](Cc1ccccc1F)NC[C@@]1(O)CCSC1. The predicted molar refractivity (Wildman–Crippen MR) is 74.5 cm³/mol. The molecular weight excluding hydrogens is 249 g/mol. The Morgan fingerprint density at radius 2 is 2.28 bits per heavy atom. The lowest BCUT2D eigenvalue weighted by atomic mass is 10.0. The molecule has 0 bridgehead atoms. The van der Waals surface area contributed by atoms with Crippen molar-refractivity contribution in [3.63, 3.8) is 0 Å². The molecule has 0 saturated carbocycles. The van der Waals surface area contributed by atoms with Gasteiger partial charge in [0.15, 0.2) is 0 Å². The van der Waals surface area contributed by atoms with E-state index in [1.54, 1.807) is 17.8 Å². The molecule has 0 unspecified atom stereocenters. The molecule has 0 aromatic heterocycles. The van der Waals surface area contributed by atoms with Gasteiger partial charge in [-0.1, -0.05) is 18.2 Å². The summed E-state index contributed by atoms with van der Waals surface area (Å²) < 4.78 is 13.5. The van der Waals surface area contributed by atoms with Gasteiger partial charge in [0.05, 0.1) is 5.60 Å². The van der Waals surface area contributed by atoms with Crippen LogP contribution in [-0.4, -0.2) is 34.8 Å². The van der Waals surface area contributed by atoms with Gasteiger partial charge in [0.1, 0.15) is 5.82 Å². The Labute approximate surface area is 112 Å². The summed E-state index contributed by atoms with van der Waals surface area (Å²) in [5, 5.41) is 13.5. The van der Waals surface area contributed by atoms with Crippen molar-refractivity contribution in [2.45, 2.75) is 31.4 Å². The number of thioether (sulfide) groups is 1. The zero-order chi connectivity index (χ0) is 13.0. The number of rotatable bonds is 5. The number of halogens is 1. The topological polar surface area (TPSA) is 32.3 Å². The van der Waals surface area contributed by atoms with Crippen LogP contribution in [0.15, 0.2) is 24.3 Å². The zero-order valence-electron chi connectivity index (χ0n) is 10.7. The first-order chi connectivity index (χ1) is 8.59. The van der Waals surface area contributed by atoms with Gasteiger partial charge in [0, 0.05) is 18.3 Å². The molecule has 100 valence electrons. The van der Waals surface area contributed by atoms with Gasteiger partial charge in [-0.05, 0) is 37.1 Å². The van der Waals surface area contributed by atoms with Crippen LogP contribution in [0.1, 0.15) is 18.9 Å². The van der Waals surface area contributed by atoms with Crippen molar-refractivity contribution in [3.05, 3.63) is 35.6 Å². The molecule has 18 heavy (non-hydrogen) atoms. The van der Waals surface area contributed by atoms with Crippen molar-refractivity contribution in [3.8, 4) is 0 Å². The number of hydrogen-bond acceptors (Lipinski definition) is 3.